The molecule has 2 amide bonds. The summed E-state index contributed by atoms with van der Waals surface area (Å²) in [4.78, 5) is 25.6. The third kappa shape index (κ3) is 1.85. The van der Waals surface area contributed by atoms with Crippen LogP contribution in [0.3, 0.4) is 0 Å². The van der Waals surface area contributed by atoms with E-state index in [1.54, 1.807) is 18.2 Å². The standard InChI is InChI=1S/C14H16N2O3/c1-14(2)6-7-16(14)13(18)9-4-3-5-10-12(9)19-8-11(17)15-10/h3-5H,6-8H2,1-2H3,(H,15,17). The van der Waals surface area contributed by atoms with Crippen molar-refractivity contribution in [3.05, 3.63) is 23.8 Å². The van der Waals surface area contributed by atoms with E-state index in [4.69, 9.17) is 4.74 Å². The van der Waals surface area contributed by atoms with Crippen LogP contribution in [0.4, 0.5) is 5.69 Å². The molecular weight excluding hydrogens is 244 g/mol. The van der Waals surface area contributed by atoms with Gasteiger partial charge in [0.05, 0.1) is 11.3 Å². The van der Waals surface area contributed by atoms with E-state index in [9.17, 15) is 9.59 Å². The zero-order valence-electron chi connectivity index (χ0n) is 11.0. The first kappa shape index (κ1) is 12.0. The largest absolute Gasteiger partial charge is 0.481 e. The third-order valence-electron chi connectivity index (χ3n) is 3.79. The Kier molecular flexibility index (Phi) is 2.52. The van der Waals surface area contributed by atoms with Crippen molar-refractivity contribution in [2.75, 3.05) is 18.5 Å². The molecule has 1 aromatic carbocycles. The molecule has 19 heavy (non-hydrogen) atoms. The van der Waals surface area contributed by atoms with Crippen LogP contribution >= 0.6 is 0 Å². The number of nitrogens with zero attached hydrogens (tertiary/aromatic N) is 1. The van der Waals surface area contributed by atoms with Gasteiger partial charge in [-0.15, -0.1) is 0 Å². The molecule has 3 rings (SSSR count). The molecule has 0 unspecified atom stereocenters. The molecule has 0 aliphatic carbocycles. The summed E-state index contributed by atoms with van der Waals surface area (Å²) < 4.78 is 5.42. The predicted molar refractivity (Wildman–Crippen MR) is 70.3 cm³/mol. The van der Waals surface area contributed by atoms with Gasteiger partial charge >= 0.3 is 0 Å². The van der Waals surface area contributed by atoms with Crippen LogP contribution in [0.15, 0.2) is 18.2 Å². The van der Waals surface area contributed by atoms with E-state index in [0.29, 0.717) is 17.0 Å². The number of rotatable bonds is 1. The normalized spacial score (nSPS) is 19.9. The molecule has 2 heterocycles. The van der Waals surface area contributed by atoms with Crippen LogP contribution < -0.4 is 10.1 Å². The minimum Gasteiger partial charge on any atom is -0.481 e. The number of likely N-dealkylation sites (tertiary alicyclic amines) is 1. The summed E-state index contributed by atoms with van der Waals surface area (Å²) in [6.45, 7) is 4.82. The monoisotopic (exact) mass is 260 g/mol. The highest BCUT2D eigenvalue weighted by molar-refractivity contribution is 6.03. The number of nitrogens with one attached hydrogen (secondary N) is 1. The van der Waals surface area contributed by atoms with E-state index < -0.39 is 0 Å². The number of hydrogen-bond donors (Lipinski definition) is 1. The quantitative estimate of drug-likeness (QED) is 0.835. The first-order valence-electron chi connectivity index (χ1n) is 6.37. The molecule has 0 aromatic heterocycles. The van der Waals surface area contributed by atoms with Gasteiger partial charge in [-0.3, -0.25) is 9.59 Å². The third-order valence-corrected chi connectivity index (χ3v) is 3.79. The SMILES string of the molecule is CC1(C)CCN1C(=O)c1cccc2c1OCC(=O)N2. The fraction of sp³-hybridized carbons (Fsp3) is 0.429. The van der Waals surface area contributed by atoms with Gasteiger partial charge < -0.3 is 15.0 Å². The Balaban J connectivity index is 1.96. The smallest absolute Gasteiger partial charge is 0.262 e. The lowest BCUT2D eigenvalue weighted by molar-refractivity contribution is -0.118. The van der Waals surface area contributed by atoms with Crippen molar-refractivity contribution in [2.24, 2.45) is 0 Å². The molecule has 0 bridgehead atoms. The minimum absolute atomic E-state index is 0.0377. The average molecular weight is 260 g/mol. The molecule has 0 spiro atoms. The van der Waals surface area contributed by atoms with Crippen molar-refractivity contribution in [1.82, 2.24) is 4.90 Å². The topological polar surface area (TPSA) is 58.6 Å². The maximum atomic E-state index is 12.5. The van der Waals surface area contributed by atoms with Gasteiger partial charge in [0.15, 0.2) is 12.4 Å². The lowest BCUT2D eigenvalue weighted by Crippen LogP contribution is -2.58. The van der Waals surface area contributed by atoms with E-state index in [-0.39, 0.29) is 24.0 Å². The van der Waals surface area contributed by atoms with Crippen LogP contribution in [0, 0.1) is 0 Å². The van der Waals surface area contributed by atoms with Crippen LogP contribution in [-0.4, -0.2) is 35.4 Å². The van der Waals surface area contributed by atoms with E-state index in [1.807, 2.05) is 18.7 Å². The van der Waals surface area contributed by atoms with Crippen LogP contribution in [-0.2, 0) is 4.79 Å². The molecule has 2 aliphatic rings. The highest BCUT2D eigenvalue weighted by Gasteiger charge is 2.40. The highest BCUT2D eigenvalue weighted by atomic mass is 16.5. The van der Waals surface area contributed by atoms with Crippen molar-refractivity contribution >= 4 is 17.5 Å². The summed E-state index contributed by atoms with van der Waals surface area (Å²) in [7, 11) is 0. The van der Waals surface area contributed by atoms with E-state index in [0.717, 1.165) is 13.0 Å². The number of benzene rings is 1. The van der Waals surface area contributed by atoms with Gasteiger partial charge in [-0.2, -0.15) is 0 Å². The average Bonchev–Trinajstić information content (AvgIpc) is 2.36. The zero-order valence-corrected chi connectivity index (χ0v) is 11.0. The van der Waals surface area contributed by atoms with Crippen LogP contribution in [0.25, 0.3) is 0 Å². The Hall–Kier alpha value is -2.04. The fourth-order valence-electron chi connectivity index (χ4n) is 2.48. The predicted octanol–water partition coefficient (Wildman–Crippen LogP) is 1.64. The summed E-state index contributed by atoms with van der Waals surface area (Å²) in [5.41, 5.74) is 0.989. The second kappa shape index (κ2) is 3.98. The zero-order chi connectivity index (χ0) is 13.6. The molecule has 1 fully saturated rings. The molecular formula is C14H16N2O3. The second-order valence-electron chi connectivity index (χ2n) is 5.54. The Bertz CT molecular complexity index is 566. The molecule has 5 nitrogen and oxygen atoms in total. The van der Waals surface area contributed by atoms with Crippen molar-refractivity contribution in [1.29, 1.82) is 0 Å². The number of fused-ring (bicyclic) bond motifs is 1. The summed E-state index contributed by atoms with van der Waals surface area (Å²) in [5, 5.41) is 2.72. The molecule has 1 N–H and O–H groups in total. The number of hydrogen-bond acceptors (Lipinski definition) is 3. The van der Waals surface area contributed by atoms with Gasteiger partial charge in [-0.25, -0.2) is 0 Å². The van der Waals surface area contributed by atoms with Crippen molar-refractivity contribution in [2.45, 2.75) is 25.8 Å². The van der Waals surface area contributed by atoms with Crippen LogP contribution in [0.5, 0.6) is 5.75 Å². The molecule has 0 atom stereocenters. The van der Waals surface area contributed by atoms with Crippen LogP contribution in [0.1, 0.15) is 30.6 Å². The molecule has 0 radical (unpaired) electrons. The highest BCUT2D eigenvalue weighted by Crippen LogP contribution is 2.36. The number of para-hydroxylation sites is 1. The number of ether oxygens (including phenoxy) is 1. The maximum absolute atomic E-state index is 12.5. The van der Waals surface area contributed by atoms with E-state index in [1.165, 1.54) is 0 Å². The van der Waals surface area contributed by atoms with E-state index >= 15 is 0 Å². The Morgan fingerprint density at radius 3 is 2.84 bits per heavy atom. The van der Waals surface area contributed by atoms with Gasteiger partial charge in [-0.1, -0.05) is 6.07 Å². The number of amides is 2. The molecule has 100 valence electrons. The number of carbonyl (C=O) groups excluding carboxylic acids is 2. The van der Waals surface area contributed by atoms with Gasteiger partial charge in [0.2, 0.25) is 0 Å². The molecule has 2 aliphatic heterocycles. The van der Waals surface area contributed by atoms with Gasteiger partial charge in [0, 0.05) is 12.1 Å². The lowest BCUT2D eigenvalue weighted by Gasteiger charge is -2.48. The summed E-state index contributed by atoms with van der Waals surface area (Å²) in [6, 6.07) is 5.24. The van der Waals surface area contributed by atoms with Gasteiger partial charge in [-0.05, 0) is 32.4 Å². The van der Waals surface area contributed by atoms with Gasteiger partial charge in [0.1, 0.15) is 0 Å². The minimum atomic E-state index is -0.193. The molecule has 1 aromatic rings. The van der Waals surface area contributed by atoms with Crippen LogP contribution in [0.2, 0.25) is 0 Å². The molecule has 5 heteroatoms. The number of anilines is 1. The van der Waals surface area contributed by atoms with E-state index in [2.05, 4.69) is 5.32 Å². The van der Waals surface area contributed by atoms with Crippen molar-refractivity contribution < 1.29 is 14.3 Å². The molecule has 1 saturated heterocycles. The molecule has 0 saturated carbocycles. The summed E-state index contributed by atoms with van der Waals surface area (Å²) in [5.74, 6) is 0.250. The summed E-state index contributed by atoms with van der Waals surface area (Å²) in [6.07, 6.45) is 1.01. The lowest BCUT2D eigenvalue weighted by atomic mass is 9.88. The Labute approximate surface area is 111 Å². The van der Waals surface area contributed by atoms with Crippen molar-refractivity contribution in [3.8, 4) is 5.75 Å². The Morgan fingerprint density at radius 2 is 2.21 bits per heavy atom. The second-order valence-corrected chi connectivity index (χ2v) is 5.54. The van der Waals surface area contributed by atoms with Crippen molar-refractivity contribution in [3.63, 3.8) is 0 Å². The first-order chi connectivity index (χ1) is 8.99. The fourth-order valence-corrected chi connectivity index (χ4v) is 2.48. The summed E-state index contributed by atoms with van der Waals surface area (Å²) >= 11 is 0. The Morgan fingerprint density at radius 1 is 1.42 bits per heavy atom. The maximum Gasteiger partial charge on any atom is 0.262 e. The van der Waals surface area contributed by atoms with Gasteiger partial charge in [0.25, 0.3) is 11.8 Å². The number of carbonyl (C=O) groups is 2. The first-order valence-corrected chi connectivity index (χ1v) is 6.37.